The minimum absolute atomic E-state index is 0.0213. The van der Waals surface area contributed by atoms with Gasteiger partial charge >= 0.3 is 12.1 Å². The number of aromatic nitrogens is 3. The fourth-order valence-electron chi connectivity index (χ4n) is 6.83. The summed E-state index contributed by atoms with van der Waals surface area (Å²) in [6.07, 6.45) is -0.849. The standard InChI is InChI=1S/C36H37F2N9O7/c1-39-29-15-36(37,38)20-47(29)35(54)27-13-25(34(53)42-27)14-31(49)45-16-23-3-2-4-24(26(23)18-45)17-46-19-28(43-44-46)21-5-7-22(8-6-21)33(52)41-12-11-40-30(48)9-10-32(50)51/h2-8,19,25,27,29H,9-18,20H2,(H,40,48)(H,41,52)(H,42,53)(H,50,51)/t25-,27-,29-/m0/s1. The van der Waals surface area contributed by atoms with Gasteiger partial charge in [0, 0.05) is 56.1 Å². The van der Waals surface area contributed by atoms with Gasteiger partial charge in [-0.25, -0.2) is 20.0 Å². The van der Waals surface area contributed by atoms with Crippen LogP contribution >= 0.6 is 0 Å². The Morgan fingerprint density at radius 2 is 1.80 bits per heavy atom. The van der Waals surface area contributed by atoms with Gasteiger partial charge in [-0.3, -0.25) is 38.5 Å². The molecule has 3 aromatic rings. The number of hydrogen-bond donors (Lipinski definition) is 4. The Balaban J connectivity index is 0.995. The first-order valence-electron chi connectivity index (χ1n) is 17.3. The minimum Gasteiger partial charge on any atom is -0.481 e. The molecule has 4 heterocycles. The lowest BCUT2D eigenvalue weighted by Gasteiger charge is -2.20. The zero-order valence-electron chi connectivity index (χ0n) is 29.0. The molecule has 16 nitrogen and oxygen atoms in total. The van der Waals surface area contributed by atoms with Gasteiger partial charge in [-0.15, -0.1) is 5.10 Å². The number of aliphatic carboxylic acids is 1. The fourth-order valence-corrected chi connectivity index (χ4v) is 6.83. The molecule has 1 aromatic heterocycles. The van der Waals surface area contributed by atoms with Crippen LogP contribution in [-0.4, -0.2) is 103 Å². The molecule has 0 saturated carbocycles. The van der Waals surface area contributed by atoms with Crippen molar-refractivity contribution in [2.75, 3.05) is 19.6 Å². The van der Waals surface area contributed by atoms with Crippen LogP contribution in [0.4, 0.5) is 8.78 Å². The van der Waals surface area contributed by atoms with Crippen LogP contribution in [0.2, 0.25) is 0 Å². The van der Waals surface area contributed by atoms with Gasteiger partial charge in [0.15, 0.2) is 0 Å². The molecule has 6 rings (SSSR count). The largest absolute Gasteiger partial charge is 0.481 e. The molecule has 3 aliphatic rings. The molecule has 5 amide bonds. The monoisotopic (exact) mass is 745 g/mol. The van der Waals surface area contributed by atoms with E-state index in [1.165, 1.54) is 0 Å². The van der Waals surface area contributed by atoms with Gasteiger partial charge in [-0.2, -0.15) is 0 Å². The van der Waals surface area contributed by atoms with Crippen LogP contribution in [0.5, 0.6) is 0 Å². The Bertz CT molecular complexity index is 2010. The van der Waals surface area contributed by atoms with Crippen molar-refractivity contribution in [3.05, 3.63) is 82.3 Å². The Morgan fingerprint density at radius 1 is 1.04 bits per heavy atom. The first-order valence-corrected chi connectivity index (χ1v) is 17.3. The molecule has 2 fully saturated rings. The second kappa shape index (κ2) is 15.8. The van der Waals surface area contributed by atoms with Crippen LogP contribution in [0.15, 0.2) is 48.7 Å². The second-order valence-electron chi connectivity index (χ2n) is 13.5. The predicted molar refractivity (Wildman–Crippen MR) is 184 cm³/mol. The number of benzene rings is 2. The van der Waals surface area contributed by atoms with Crippen LogP contribution in [0, 0.1) is 12.5 Å². The summed E-state index contributed by atoms with van der Waals surface area (Å²) < 4.78 is 29.5. The molecule has 0 radical (unpaired) electrons. The molecular formula is C36H37F2N9O7. The molecule has 282 valence electrons. The zero-order valence-corrected chi connectivity index (χ0v) is 29.0. The van der Waals surface area contributed by atoms with Crippen LogP contribution in [-0.2, 0) is 43.6 Å². The summed E-state index contributed by atoms with van der Waals surface area (Å²) in [7, 11) is 0. The smallest absolute Gasteiger partial charge is 0.306 e. The third kappa shape index (κ3) is 8.68. The van der Waals surface area contributed by atoms with Crippen molar-refractivity contribution >= 4 is 35.5 Å². The highest BCUT2D eigenvalue weighted by atomic mass is 19.3. The van der Waals surface area contributed by atoms with Crippen molar-refractivity contribution in [1.29, 1.82) is 0 Å². The minimum atomic E-state index is -3.17. The summed E-state index contributed by atoms with van der Waals surface area (Å²) in [4.78, 5) is 79.4. The lowest BCUT2D eigenvalue weighted by Crippen LogP contribution is -2.46. The molecule has 2 aromatic carbocycles. The quantitative estimate of drug-likeness (QED) is 0.148. The molecular weight excluding hydrogens is 708 g/mol. The van der Waals surface area contributed by atoms with E-state index in [1.807, 2.05) is 18.2 Å². The third-order valence-corrected chi connectivity index (χ3v) is 9.65. The normalized spacial score (nSPS) is 19.9. The molecule has 2 saturated heterocycles. The molecule has 3 atom stereocenters. The summed E-state index contributed by atoms with van der Waals surface area (Å²) >= 11 is 0. The molecule has 0 spiro atoms. The highest BCUT2D eigenvalue weighted by Gasteiger charge is 2.53. The van der Waals surface area contributed by atoms with E-state index in [0.29, 0.717) is 30.9 Å². The number of likely N-dealkylation sites (tertiary alicyclic amines) is 1. The van der Waals surface area contributed by atoms with E-state index in [4.69, 9.17) is 11.7 Å². The number of rotatable bonds is 13. The summed E-state index contributed by atoms with van der Waals surface area (Å²) in [6.45, 7) is 7.64. The maximum absolute atomic E-state index is 13.9. The Morgan fingerprint density at radius 3 is 2.54 bits per heavy atom. The summed E-state index contributed by atoms with van der Waals surface area (Å²) in [6, 6.07) is 11.4. The zero-order chi connectivity index (χ0) is 38.6. The van der Waals surface area contributed by atoms with Gasteiger partial charge in [0.1, 0.15) is 18.2 Å². The number of carboxylic acids is 1. The van der Waals surface area contributed by atoms with Crippen molar-refractivity contribution in [3.63, 3.8) is 0 Å². The van der Waals surface area contributed by atoms with Crippen LogP contribution in [0.25, 0.3) is 16.1 Å². The van der Waals surface area contributed by atoms with Gasteiger partial charge in [0.25, 0.3) is 17.7 Å². The number of hydrogen-bond acceptors (Lipinski definition) is 8. The van der Waals surface area contributed by atoms with Crippen molar-refractivity contribution in [2.24, 2.45) is 5.92 Å². The van der Waals surface area contributed by atoms with Gasteiger partial charge in [-0.05, 0) is 35.2 Å². The maximum atomic E-state index is 13.9. The van der Waals surface area contributed by atoms with Crippen molar-refractivity contribution < 1.29 is 42.7 Å². The first kappa shape index (κ1) is 37.5. The number of halogens is 2. The van der Waals surface area contributed by atoms with Crippen LogP contribution in [0.1, 0.15) is 59.2 Å². The first-order chi connectivity index (χ1) is 25.8. The average Bonchev–Trinajstić information content (AvgIpc) is 3.94. The van der Waals surface area contributed by atoms with Crippen molar-refractivity contribution in [1.82, 2.24) is 40.7 Å². The van der Waals surface area contributed by atoms with Crippen LogP contribution < -0.4 is 16.0 Å². The van der Waals surface area contributed by atoms with Gasteiger partial charge in [0.05, 0.1) is 25.7 Å². The number of nitrogens with zero attached hydrogens (tertiary/aromatic N) is 6. The van der Waals surface area contributed by atoms with Crippen LogP contribution in [0.3, 0.4) is 0 Å². The Kier molecular flexibility index (Phi) is 11.0. The van der Waals surface area contributed by atoms with Gasteiger partial charge in [-0.1, -0.05) is 35.5 Å². The molecule has 54 heavy (non-hydrogen) atoms. The van der Waals surface area contributed by atoms with E-state index in [-0.39, 0.29) is 50.6 Å². The molecule has 0 aliphatic carbocycles. The molecule has 0 bridgehead atoms. The van der Waals surface area contributed by atoms with E-state index in [0.717, 1.165) is 27.2 Å². The van der Waals surface area contributed by atoms with Crippen molar-refractivity contribution in [3.8, 4) is 11.3 Å². The highest BCUT2D eigenvalue weighted by molar-refractivity contribution is 5.95. The number of carbonyl (C=O) groups is 6. The summed E-state index contributed by atoms with van der Waals surface area (Å²) in [5, 5.41) is 25.0. The highest BCUT2D eigenvalue weighted by Crippen LogP contribution is 2.35. The molecule has 3 aliphatic heterocycles. The summed E-state index contributed by atoms with van der Waals surface area (Å²) in [5.41, 5.74) is 4.51. The number of carbonyl (C=O) groups excluding carboxylic acids is 5. The number of alkyl halides is 2. The lowest BCUT2D eigenvalue weighted by molar-refractivity contribution is -0.138. The predicted octanol–water partition coefficient (Wildman–Crippen LogP) is 1.55. The fraction of sp³-hybridized carbons (Fsp3) is 0.417. The van der Waals surface area contributed by atoms with Gasteiger partial charge in [0.2, 0.25) is 17.7 Å². The number of fused-ring (bicyclic) bond motifs is 1. The maximum Gasteiger partial charge on any atom is 0.306 e. The molecule has 0 unspecified atom stereocenters. The lowest BCUT2D eigenvalue weighted by atomic mass is 9.99. The second-order valence-corrected chi connectivity index (χ2v) is 13.5. The van der Waals surface area contributed by atoms with Crippen molar-refractivity contribution in [2.45, 2.75) is 69.9 Å². The average molecular weight is 746 g/mol. The Labute approximate surface area is 307 Å². The van der Waals surface area contributed by atoms with E-state index in [1.54, 1.807) is 40.0 Å². The SMILES string of the molecule is [C-]#[N+][C@@H]1CC(F)(F)CN1C(=O)[C@@H]1C[C@@H](CC(=O)N2Cc3cccc(Cn4cc(-c5ccc(C(=O)NCCNC(=O)CCC(=O)O)cc5)nn4)c3C2)C(=O)N1. The van der Waals surface area contributed by atoms with E-state index in [2.05, 4.69) is 31.1 Å². The topological polar surface area (TPSA) is 200 Å². The molecule has 18 heteroatoms. The van der Waals surface area contributed by atoms with E-state index < -0.39 is 60.7 Å². The number of carboxylic acid groups (broad SMARTS) is 1. The summed E-state index contributed by atoms with van der Waals surface area (Å²) in [5.74, 6) is -7.31. The van der Waals surface area contributed by atoms with E-state index in [9.17, 15) is 37.5 Å². The third-order valence-electron chi connectivity index (χ3n) is 9.65. The Hall–Kier alpha value is -6.25. The number of nitrogens with one attached hydrogen (secondary N) is 3. The van der Waals surface area contributed by atoms with Gasteiger partial charge < -0.3 is 26.0 Å². The number of amides is 5. The molecule has 4 N–H and O–H groups in total. The van der Waals surface area contributed by atoms with E-state index >= 15 is 0 Å².